The molecule has 2 amide bonds. The molecule has 1 aliphatic heterocycles. The molecule has 0 spiro atoms. The van der Waals surface area contributed by atoms with Crippen LogP contribution in [0.5, 0.6) is 0 Å². The lowest BCUT2D eigenvalue weighted by Gasteiger charge is -2.67. The van der Waals surface area contributed by atoms with Crippen molar-refractivity contribution in [2.45, 2.75) is 122 Å². The van der Waals surface area contributed by atoms with Gasteiger partial charge < -0.3 is 19.3 Å². The van der Waals surface area contributed by atoms with Crippen molar-refractivity contribution in [3.05, 3.63) is 0 Å². The summed E-state index contributed by atoms with van der Waals surface area (Å²) in [4.78, 5) is 43.9. The fraction of sp³-hybridized carbons (Fsp3) is 0.914. The molecule has 6 saturated carbocycles. The highest BCUT2D eigenvalue weighted by Gasteiger charge is 2.78. The van der Waals surface area contributed by atoms with Gasteiger partial charge in [0.05, 0.1) is 12.5 Å². The first-order chi connectivity index (χ1) is 19.9. The first kappa shape index (κ1) is 29.0. The Morgan fingerprint density at radius 2 is 1.67 bits per heavy atom. The molecule has 7 fully saturated rings. The highest BCUT2D eigenvalue weighted by molar-refractivity contribution is 5.80. The number of hydrogen-bond acceptors (Lipinski definition) is 5. The maximum Gasteiger partial charge on any atom is 0.410 e. The largest absolute Gasteiger partial charge is 0.469 e. The Balaban J connectivity index is 1.05. The van der Waals surface area contributed by atoms with E-state index < -0.39 is 5.60 Å². The van der Waals surface area contributed by atoms with E-state index >= 15 is 0 Å². The van der Waals surface area contributed by atoms with Crippen LogP contribution >= 0.6 is 0 Å². The van der Waals surface area contributed by atoms with Crippen LogP contribution in [0.15, 0.2) is 0 Å². The molecule has 7 nitrogen and oxygen atoms in total. The fourth-order valence-electron chi connectivity index (χ4n) is 12.6. The fourth-order valence-corrected chi connectivity index (χ4v) is 12.6. The number of carbonyl (C=O) groups is 3. The molecule has 234 valence electrons. The number of methoxy groups -OCH3 is 1. The normalized spacial score (nSPS) is 45.5. The van der Waals surface area contributed by atoms with E-state index in [-0.39, 0.29) is 29.4 Å². The first-order valence-corrected chi connectivity index (χ1v) is 17.2. The van der Waals surface area contributed by atoms with E-state index in [2.05, 4.69) is 0 Å². The molecule has 0 aromatic rings. The van der Waals surface area contributed by atoms with E-state index in [0.29, 0.717) is 47.6 Å². The average molecular weight is 583 g/mol. The van der Waals surface area contributed by atoms with Gasteiger partial charge in [-0.1, -0.05) is 12.8 Å². The minimum Gasteiger partial charge on any atom is -0.469 e. The van der Waals surface area contributed by atoms with Crippen LogP contribution < -0.4 is 0 Å². The maximum absolute atomic E-state index is 14.1. The van der Waals surface area contributed by atoms with E-state index in [1.807, 2.05) is 32.7 Å². The molecule has 0 aromatic carbocycles. The molecular formula is C35H54N2O5. The van der Waals surface area contributed by atoms with Crippen molar-refractivity contribution in [1.82, 2.24) is 9.80 Å². The molecular weight excluding hydrogens is 528 g/mol. The minimum atomic E-state index is -0.516. The molecule has 10 unspecified atom stereocenters. The van der Waals surface area contributed by atoms with Gasteiger partial charge in [0.25, 0.3) is 0 Å². The van der Waals surface area contributed by atoms with Gasteiger partial charge in [-0.25, -0.2) is 4.79 Å². The van der Waals surface area contributed by atoms with Crippen molar-refractivity contribution in [3.63, 3.8) is 0 Å². The van der Waals surface area contributed by atoms with Gasteiger partial charge in [0.15, 0.2) is 0 Å². The summed E-state index contributed by atoms with van der Waals surface area (Å²) >= 11 is 0. The number of rotatable bonds is 4. The number of nitrogens with zero attached hydrogens (tertiary/aromatic N) is 2. The van der Waals surface area contributed by atoms with Gasteiger partial charge in [-0.3, -0.25) is 9.59 Å². The summed E-state index contributed by atoms with van der Waals surface area (Å²) in [5.74, 6) is 3.78. The van der Waals surface area contributed by atoms with Gasteiger partial charge in [0.2, 0.25) is 5.91 Å². The molecule has 7 heteroatoms. The smallest absolute Gasteiger partial charge is 0.410 e. The Morgan fingerprint density at radius 3 is 2.40 bits per heavy atom. The molecule has 0 N–H and O–H groups in total. The van der Waals surface area contributed by atoms with E-state index in [1.165, 1.54) is 51.4 Å². The summed E-state index contributed by atoms with van der Waals surface area (Å²) in [6, 6.07) is 0.0592. The van der Waals surface area contributed by atoms with Crippen LogP contribution in [0.4, 0.5) is 4.79 Å². The van der Waals surface area contributed by atoms with E-state index in [9.17, 15) is 14.4 Å². The molecule has 7 aliphatic rings. The lowest BCUT2D eigenvalue weighted by atomic mass is 9.36. The SMILES string of the molecule is COC(=O)C12CCCC3CC1C(C14CC5CC(C(=O)N(C)C6CCCN(C(=O)OC(C)(C)C)C6)CC(C1)C(C5)C4)(C3)C2. The molecule has 42 heavy (non-hydrogen) atoms. The Bertz CT molecular complexity index is 1130. The molecule has 6 aliphatic carbocycles. The third kappa shape index (κ3) is 4.28. The number of likely N-dealkylation sites (tertiary alicyclic amines) is 1. The van der Waals surface area contributed by atoms with Crippen LogP contribution in [0.2, 0.25) is 0 Å². The van der Waals surface area contributed by atoms with Crippen LogP contribution in [0, 0.1) is 51.8 Å². The second kappa shape index (κ2) is 9.86. The Morgan fingerprint density at radius 1 is 0.905 bits per heavy atom. The topological polar surface area (TPSA) is 76.2 Å². The second-order valence-corrected chi connectivity index (χ2v) is 17.1. The summed E-state index contributed by atoms with van der Waals surface area (Å²) in [7, 11) is 3.58. The lowest BCUT2D eigenvalue weighted by Crippen LogP contribution is -2.65. The van der Waals surface area contributed by atoms with Crippen molar-refractivity contribution in [3.8, 4) is 0 Å². The maximum atomic E-state index is 14.1. The molecule has 7 rings (SSSR count). The number of amides is 2. The third-order valence-electron chi connectivity index (χ3n) is 13.9. The molecule has 0 aromatic heterocycles. The highest BCUT2D eigenvalue weighted by Crippen LogP contribution is 2.83. The van der Waals surface area contributed by atoms with Crippen molar-refractivity contribution in [2.24, 2.45) is 51.8 Å². The number of fused-ring (bicyclic) bond motifs is 4. The van der Waals surface area contributed by atoms with Crippen LogP contribution in [-0.2, 0) is 19.1 Å². The molecule has 5 bridgehead atoms. The quantitative estimate of drug-likeness (QED) is 0.357. The number of esters is 1. The van der Waals surface area contributed by atoms with Gasteiger partial charge in [0.1, 0.15) is 5.60 Å². The molecule has 10 atom stereocenters. The predicted molar refractivity (Wildman–Crippen MR) is 159 cm³/mol. The van der Waals surface area contributed by atoms with Crippen molar-refractivity contribution < 1.29 is 23.9 Å². The lowest BCUT2D eigenvalue weighted by molar-refractivity contribution is -0.220. The number of carbonyl (C=O) groups excluding carboxylic acids is 3. The van der Waals surface area contributed by atoms with E-state index in [4.69, 9.17) is 9.47 Å². The van der Waals surface area contributed by atoms with Gasteiger partial charge in [-0.05, 0) is 138 Å². The summed E-state index contributed by atoms with van der Waals surface area (Å²) in [6.07, 6.45) is 16.0. The Kier molecular flexibility index (Phi) is 6.79. The summed E-state index contributed by atoms with van der Waals surface area (Å²) in [5.41, 5.74) is -0.0263. The molecule has 1 saturated heterocycles. The zero-order valence-electron chi connectivity index (χ0n) is 26.8. The van der Waals surface area contributed by atoms with Gasteiger partial charge >= 0.3 is 12.1 Å². The average Bonchev–Trinajstić information content (AvgIpc) is 3.26. The van der Waals surface area contributed by atoms with Crippen molar-refractivity contribution in [1.29, 1.82) is 0 Å². The Hall–Kier alpha value is -1.79. The predicted octanol–water partition coefficient (Wildman–Crippen LogP) is 6.44. The monoisotopic (exact) mass is 582 g/mol. The third-order valence-corrected chi connectivity index (χ3v) is 13.9. The highest BCUT2D eigenvalue weighted by atomic mass is 16.6. The van der Waals surface area contributed by atoms with Crippen molar-refractivity contribution >= 4 is 18.0 Å². The number of hydrogen-bond donors (Lipinski definition) is 0. The van der Waals surface area contributed by atoms with Crippen molar-refractivity contribution in [2.75, 3.05) is 27.2 Å². The minimum absolute atomic E-state index is 0.0592. The van der Waals surface area contributed by atoms with Gasteiger partial charge in [-0.15, -0.1) is 0 Å². The standard InChI is InChI=1S/C35H54N2O5/c1-32(2,3)42-31(40)37-11-7-9-27(20-37)36(4)29(38)24-12-23-13-25-18-33(16-23,19-26(25)15-24)35-17-22-8-6-10-34(21-35,28(35)14-22)30(39)41-5/h22-28H,6-21H2,1-5H3. The zero-order chi connectivity index (χ0) is 29.7. The van der Waals surface area contributed by atoms with E-state index in [0.717, 1.165) is 50.4 Å². The van der Waals surface area contributed by atoms with Gasteiger partial charge in [-0.2, -0.15) is 0 Å². The summed E-state index contributed by atoms with van der Waals surface area (Å²) in [6.45, 7) is 6.97. The second-order valence-electron chi connectivity index (χ2n) is 17.1. The Labute approximate surface area is 252 Å². The number of ether oxygens (including phenoxy) is 2. The van der Waals surface area contributed by atoms with Gasteiger partial charge in [0, 0.05) is 32.1 Å². The number of piperidine rings is 1. The van der Waals surface area contributed by atoms with E-state index in [1.54, 1.807) is 12.0 Å². The first-order valence-electron chi connectivity index (χ1n) is 17.2. The van der Waals surface area contributed by atoms with Crippen LogP contribution in [0.1, 0.15) is 111 Å². The molecule has 1 heterocycles. The summed E-state index contributed by atoms with van der Waals surface area (Å²) < 4.78 is 11.1. The van der Waals surface area contributed by atoms with Crippen LogP contribution in [-0.4, -0.2) is 66.7 Å². The summed E-state index contributed by atoms with van der Waals surface area (Å²) in [5, 5.41) is 0. The zero-order valence-corrected chi connectivity index (χ0v) is 26.8. The molecule has 0 radical (unpaired) electrons. The number of likely N-dealkylation sites (N-methyl/N-ethyl adjacent to an activating group) is 1. The van der Waals surface area contributed by atoms with Crippen LogP contribution in [0.3, 0.4) is 0 Å². The van der Waals surface area contributed by atoms with Crippen LogP contribution in [0.25, 0.3) is 0 Å².